The van der Waals surface area contributed by atoms with E-state index < -0.39 is 5.97 Å². The summed E-state index contributed by atoms with van der Waals surface area (Å²) in [6.07, 6.45) is 1.96. The summed E-state index contributed by atoms with van der Waals surface area (Å²) < 4.78 is 6.41. The normalized spacial score (nSPS) is 17.3. The Bertz CT molecular complexity index is 629. The van der Waals surface area contributed by atoms with E-state index in [1.807, 2.05) is 28.4 Å². The number of aromatic nitrogens is 2. The smallest absolute Gasteiger partial charge is 0.360 e. The minimum Gasteiger partial charge on any atom is -0.464 e. The maximum absolute atomic E-state index is 13.2. The monoisotopic (exact) mass is 386 g/mol. The molecule has 0 radical (unpaired) electrons. The molecule has 140 valence electrons. The zero-order chi connectivity index (χ0) is 18.6. The number of hydrogen-bond acceptors (Lipinski definition) is 7. The second-order valence-electron chi connectivity index (χ2n) is 5.71. The third-order valence-electron chi connectivity index (χ3n) is 4.20. The molecule has 0 unspecified atom stereocenters. The van der Waals surface area contributed by atoms with Crippen molar-refractivity contribution in [3.63, 3.8) is 0 Å². The first-order valence-corrected chi connectivity index (χ1v) is 10.5. The van der Waals surface area contributed by atoms with E-state index in [1.165, 1.54) is 11.8 Å². The third kappa shape index (κ3) is 4.08. The van der Waals surface area contributed by atoms with Crippen molar-refractivity contribution in [2.45, 2.75) is 37.3 Å². The van der Waals surface area contributed by atoms with Crippen LogP contribution in [0.2, 0.25) is 0 Å². The van der Waals surface area contributed by atoms with Gasteiger partial charge in [0.2, 0.25) is 0 Å². The molecular formula is C16H26N4O3S2. The minimum atomic E-state index is -0.633. The summed E-state index contributed by atoms with van der Waals surface area (Å²) in [6, 6.07) is 0.165. The zero-order valence-corrected chi connectivity index (χ0v) is 16.8. The number of hydrogen-bond donors (Lipinski definition) is 1. The van der Waals surface area contributed by atoms with Crippen molar-refractivity contribution in [3.8, 4) is 0 Å². The summed E-state index contributed by atoms with van der Waals surface area (Å²) in [5.41, 5.74) is 6.39. The van der Waals surface area contributed by atoms with Crippen LogP contribution in [0.1, 0.15) is 47.7 Å². The van der Waals surface area contributed by atoms with Gasteiger partial charge in [-0.25, -0.2) is 4.79 Å². The van der Waals surface area contributed by atoms with Crippen LogP contribution in [-0.2, 0) is 11.8 Å². The van der Waals surface area contributed by atoms with Crippen LogP contribution < -0.4 is 5.73 Å². The largest absolute Gasteiger partial charge is 0.464 e. The van der Waals surface area contributed by atoms with Gasteiger partial charge in [0.05, 0.1) is 23.4 Å². The Labute approximate surface area is 157 Å². The van der Waals surface area contributed by atoms with Crippen LogP contribution in [0.25, 0.3) is 0 Å². The van der Waals surface area contributed by atoms with Crippen LogP contribution in [0.4, 0.5) is 5.69 Å². The summed E-state index contributed by atoms with van der Waals surface area (Å²) in [5.74, 6) is 1.22. The number of nitrogens with two attached hydrogens (primary N) is 1. The molecule has 0 bridgehead atoms. The van der Waals surface area contributed by atoms with Gasteiger partial charge in [0.25, 0.3) is 5.91 Å². The minimum absolute atomic E-state index is 0.00786. The number of nitrogens with zero attached hydrogens (tertiary/aromatic N) is 3. The number of anilines is 1. The highest BCUT2D eigenvalue weighted by molar-refractivity contribution is 8.17. The van der Waals surface area contributed by atoms with Crippen LogP contribution in [0.3, 0.4) is 0 Å². The van der Waals surface area contributed by atoms with Crippen molar-refractivity contribution in [1.82, 2.24) is 14.7 Å². The van der Waals surface area contributed by atoms with Crippen LogP contribution in [0.5, 0.6) is 0 Å². The lowest BCUT2D eigenvalue weighted by Gasteiger charge is -2.31. The molecule has 2 heterocycles. The van der Waals surface area contributed by atoms with Crippen molar-refractivity contribution in [2.75, 3.05) is 30.9 Å². The molecule has 1 aliphatic heterocycles. The fourth-order valence-electron chi connectivity index (χ4n) is 3.10. The molecule has 1 saturated heterocycles. The predicted octanol–water partition coefficient (Wildman–Crippen LogP) is 2.23. The topological polar surface area (TPSA) is 90.4 Å². The van der Waals surface area contributed by atoms with Crippen molar-refractivity contribution >= 4 is 41.1 Å². The van der Waals surface area contributed by atoms with Gasteiger partial charge in [-0.1, -0.05) is 13.8 Å². The van der Waals surface area contributed by atoms with E-state index in [9.17, 15) is 9.59 Å². The van der Waals surface area contributed by atoms with Gasteiger partial charge in [-0.15, -0.1) is 23.5 Å². The lowest BCUT2D eigenvalue weighted by atomic mass is 10.2. The number of nitrogen functional groups attached to an aromatic ring is 1. The zero-order valence-electron chi connectivity index (χ0n) is 15.2. The first kappa shape index (κ1) is 20.0. The molecule has 1 aromatic rings. The number of likely N-dealkylation sites (tertiary alicyclic amines) is 1. The highest BCUT2D eigenvalue weighted by Crippen LogP contribution is 2.36. The van der Waals surface area contributed by atoms with E-state index >= 15 is 0 Å². The highest BCUT2D eigenvalue weighted by Gasteiger charge is 2.38. The Hall–Kier alpha value is -1.35. The van der Waals surface area contributed by atoms with E-state index in [-0.39, 0.29) is 29.0 Å². The molecule has 25 heavy (non-hydrogen) atoms. The van der Waals surface area contributed by atoms with Crippen LogP contribution in [0, 0.1) is 0 Å². The molecule has 1 aromatic heterocycles. The number of rotatable bonds is 7. The molecule has 0 aliphatic carbocycles. The average Bonchev–Trinajstić information content (AvgIpc) is 3.18. The molecule has 2 rings (SSSR count). The van der Waals surface area contributed by atoms with E-state index in [2.05, 4.69) is 23.7 Å². The van der Waals surface area contributed by atoms with Crippen molar-refractivity contribution in [3.05, 3.63) is 11.4 Å². The van der Waals surface area contributed by atoms with Gasteiger partial charge in [0.1, 0.15) is 5.69 Å². The summed E-state index contributed by atoms with van der Waals surface area (Å²) in [5, 5.41) is 4.08. The molecular weight excluding hydrogens is 360 g/mol. The maximum atomic E-state index is 13.2. The fraction of sp³-hybridized carbons (Fsp3) is 0.688. The Morgan fingerprint density at radius 3 is 2.56 bits per heavy atom. The number of thioether (sulfide) groups is 2. The maximum Gasteiger partial charge on any atom is 0.360 e. The average molecular weight is 387 g/mol. The number of methoxy groups -OCH3 is 1. The SMILES string of the molecule is CCSC(SCC)[C@@H]1CCCN1C(=O)c1c(N)c(C(=O)OC)nn1C. The van der Waals surface area contributed by atoms with Gasteiger partial charge in [0, 0.05) is 13.6 Å². The molecule has 0 saturated carbocycles. The van der Waals surface area contributed by atoms with E-state index in [0.29, 0.717) is 11.1 Å². The summed E-state index contributed by atoms with van der Waals surface area (Å²) in [6.45, 7) is 4.97. The second kappa shape index (κ2) is 8.84. The molecule has 1 atom stereocenters. The van der Waals surface area contributed by atoms with Crippen LogP contribution >= 0.6 is 23.5 Å². The first-order valence-electron chi connectivity index (χ1n) is 8.41. The van der Waals surface area contributed by atoms with Crippen molar-refractivity contribution in [1.29, 1.82) is 0 Å². The molecule has 1 aliphatic rings. The number of esters is 1. The molecule has 1 fully saturated rings. The summed E-state index contributed by atoms with van der Waals surface area (Å²) in [4.78, 5) is 26.8. The number of carbonyl (C=O) groups excluding carboxylic acids is 2. The first-order chi connectivity index (χ1) is 12.0. The Balaban J connectivity index is 2.30. The van der Waals surface area contributed by atoms with Crippen LogP contribution in [-0.4, -0.2) is 62.3 Å². The van der Waals surface area contributed by atoms with Gasteiger partial charge in [0.15, 0.2) is 5.69 Å². The van der Waals surface area contributed by atoms with Crippen molar-refractivity contribution < 1.29 is 14.3 Å². The number of ether oxygens (including phenoxy) is 1. The number of carbonyl (C=O) groups is 2. The molecule has 7 nitrogen and oxygen atoms in total. The third-order valence-corrected chi connectivity index (χ3v) is 6.97. The van der Waals surface area contributed by atoms with E-state index in [4.69, 9.17) is 5.73 Å². The van der Waals surface area contributed by atoms with Gasteiger partial charge >= 0.3 is 5.97 Å². The van der Waals surface area contributed by atoms with Gasteiger partial charge < -0.3 is 15.4 Å². The standard InChI is InChI=1S/C16H26N4O3S2/c1-5-24-16(25-6-2)10-8-7-9-20(10)14(21)13-11(17)12(15(22)23-4)18-19(13)3/h10,16H,5-9,17H2,1-4H3/t10-/m0/s1. The van der Waals surface area contributed by atoms with E-state index in [0.717, 1.165) is 24.3 Å². The summed E-state index contributed by atoms with van der Waals surface area (Å²) >= 11 is 3.76. The number of amides is 1. The fourth-order valence-corrected chi connectivity index (χ4v) is 5.97. The lowest BCUT2D eigenvalue weighted by molar-refractivity contribution is 0.0594. The van der Waals surface area contributed by atoms with Crippen molar-refractivity contribution in [2.24, 2.45) is 7.05 Å². The number of aryl methyl sites for hydroxylation is 1. The Kier molecular flexibility index (Phi) is 7.06. The molecule has 0 aromatic carbocycles. The Morgan fingerprint density at radius 1 is 1.36 bits per heavy atom. The molecule has 2 N–H and O–H groups in total. The highest BCUT2D eigenvalue weighted by atomic mass is 32.2. The Morgan fingerprint density at radius 2 is 2.00 bits per heavy atom. The lowest BCUT2D eigenvalue weighted by Crippen LogP contribution is -2.41. The van der Waals surface area contributed by atoms with E-state index in [1.54, 1.807) is 7.05 Å². The molecule has 1 amide bonds. The molecule has 9 heteroatoms. The predicted molar refractivity (Wildman–Crippen MR) is 103 cm³/mol. The van der Waals surface area contributed by atoms with Gasteiger partial charge in [-0.2, -0.15) is 5.10 Å². The second-order valence-corrected chi connectivity index (χ2v) is 8.85. The van der Waals surface area contributed by atoms with Gasteiger partial charge in [-0.3, -0.25) is 9.48 Å². The summed E-state index contributed by atoms with van der Waals surface area (Å²) in [7, 11) is 2.89. The quantitative estimate of drug-likeness (QED) is 0.567. The van der Waals surface area contributed by atoms with Gasteiger partial charge in [-0.05, 0) is 24.3 Å². The van der Waals surface area contributed by atoms with Crippen LogP contribution in [0.15, 0.2) is 0 Å². The molecule has 0 spiro atoms.